The lowest BCUT2D eigenvalue weighted by Gasteiger charge is -2.14. The summed E-state index contributed by atoms with van der Waals surface area (Å²) in [7, 11) is 0. The van der Waals surface area contributed by atoms with Crippen molar-refractivity contribution < 1.29 is 13.2 Å². The first-order valence-electron chi connectivity index (χ1n) is 6.09. The van der Waals surface area contributed by atoms with E-state index in [4.69, 9.17) is 5.84 Å². The van der Waals surface area contributed by atoms with E-state index in [0.29, 0.717) is 0 Å². The lowest BCUT2D eigenvalue weighted by Crippen LogP contribution is -2.32. The van der Waals surface area contributed by atoms with Crippen LogP contribution in [0.15, 0.2) is 5.10 Å². The highest BCUT2D eigenvalue weighted by molar-refractivity contribution is 5.54. The first kappa shape index (κ1) is 16.2. The van der Waals surface area contributed by atoms with Crippen LogP contribution >= 0.6 is 0 Å². The number of aromatic nitrogens is 3. The zero-order valence-electron chi connectivity index (χ0n) is 11.4. The van der Waals surface area contributed by atoms with Gasteiger partial charge in [-0.15, -0.1) is 5.10 Å². The molecule has 10 heteroatoms. The second-order valence-corrected chi connectivity index (χ2v) is 4.21. The first-order valence-corrected chi connectivity index (χ1v) is 6.09. The van der Waals surface area contributed by atoms with Gasteiger partial charge in [-0.1, -0.05) is 13.3 Å². The number of H-pyrrole nitrogens is 1. The predicted octanol–water partition coefficient (Wildman–Crippen LogP) is 1.31. The van der Waals surface area contributed by atoms with Gasteiger partial charge in [0.25, 0.3) is 5.82 Å². The number of nitrogens with two attached hydrogens (primary N) is 1. The topological polar surface area (TPSA) is 86.4 Å². The van der Waals surface area contributed by atoms with Crippen LogP contribution in [0.25, 0.3) is 0 Å². The van der Waals surface area contributed by atoms with Crippen LogP contribution in [0.3, 0.4) is 0 Å². The Kier molecular flexibility index (Phi) is 5.74. The molecule has 0 aliphatic carbocycles. The zero-order valence-corrected chi connectivity index (χ0v) is 11.4. The number of nitrogens with one attached hydrogen (secondary N) is 1. The smallest absolute Gasteiger partial charge is 0.278 e. The van der Waals surface area contributed by atoms with Crippen LogP contribution in [0.1, 0.15) is 31.4 Å². The van der Waals surface area contributed by atoms with Gasteiger partial charge in [0.1, 0.15) is 18.8 Å². The summed E-state index contributed by atoms with van der Waals surface area (Å²) < 4.78 is 35.0. The average molecular weight is 293 g/mol. The standard InChI is InChI=1S/C6H14N4.C4H4F3N3/c1-2-3-4-10-6-9(7)5-8-10;1-2-8-3(10-9-2)4(5,6)7/h5H,2-4,6-7H2,1H3;1H3,(H,8,9,10). The van der Waals surface area contributed by atoms with Gasteiger partial charge in [-0.3, -0.25) is 15.1 Å². The van der Waals surface area contributed by atoms with Gasteiger partial charge < -0.3 is 0 Å². The Bertz CT molecular complexity index is 429. The van der Waals surface area contributed by atoms with Crippen molar-refractivity contribution in [2.75, 3.05) is 13.2 Å². The third-order valence-corrected chi connectivity index (χ3v) is 2.31. The highest BCUT2D eigenvalue weighted by Crippen LogP contribution is 2.25. The van der Waals surface area contributed by atoms with Gasteiger partial charge in [-0.2, -0.15) is 18.3 Å². The molecule has 0 saturated heterocycles. The largest absolute Gasteiger partial charge is 0.453 e. The second-order valence-electron chi connectivity index (χ2n) is 4.21. The molecule has 114 valence electrons. The van der Waals surface area contributed by atoms with E-state index >= 15 is 0 Å². The Labute approximate surface area is 114 Å². The summed E-state index contributed by atoms with van der Waals surface area (Å²) in [6, 6.07) is 0. The first-order chi connectivity index (χ1) is 9.32. The van der Waals surface area contributed by atoms with Crippen molar-refractivity contribution in [3.05, 3.63) is 11.6 Å². The SMILES string of the molecule is CCCCN1CN(N)C=N1.Cc1nc(C(F)(F)F)n[nH]1. The number of hydrazine groups is 1. The van der Waals surface area contributed by atoms with Crippen molar-refractivity contribution in [1.29, 1.82) is 0 Å². The van der Waals surface area contributed by atoms with E-state index < -0.39 is 12.0 Å². The van der Waals surface area contributed by atoms with Crippen LogP contribution in [0, 0.1) is 6.92 Å². The number of hydrazone groups is 1. The molecular weight excluding hydrogens is 275 g/mol. The number of rotatable bonds is 3. The molecule has 0 amide bonds. The molecule has 1 aliphatic rings. The quantitative estimate of drug-likeness (QED) is 0.821. The lowest BCUT2D eigenvalue weighted by molar-refractivity contribution is -0.144. The Morgan fingerprint density at radius 2 is 2.15 bits per heavy atom. The molecule has 0 radical (unpaired) electrons. The molecule has 1 aromatic rings. The van der Waals surface area contributed by atoms with Crippen LogP contribution in [-0.4, -0.2) is 44.8 Å². The molecular formula is C10H18F3N7. The molecule has 1 aliphatic heterocycles. The summed E-state index contributed by atoms with van der Waals surface area (Å²) in [5.74, 6) is 4.48. The van der Waals surface area contributed by atoms with E-state index in [0.717, 1.165) is 13.2 Å². The minimum absolute atomic E-state index is 0.160. The predicted molar refractivity (Wildman–Crippen MR) is 67.1 cm³/mol. The Balaban J connectivity index is 0.000000200. The molecule has 0 spiro atoms. The van der Waals surface area contributed by atoms with Gasteiger partial charge in [0.2, 0.25) is 0 Å². The van der Waals surface area contributed by atoms with Crippen molar-refractivity contribution in [2.24, 2.45) is 10.9 Å². The molecule has 0 unspecified atom stereocenters. The number of halogens is 3. The fraction of sp³-hybridized carbons (Fsp3) is 0.700. The molecule has 0 fully saturated rings. The van der Waals surface area contributed by atoms with E-state index in [9.17, 15) is 13.2 Å². The Hall–Kier alpha value is -1.84. The summed E-state index contributed by atoms with van der Waals surface area (Å²) in [6.45, 7) is 5.32. The molecule has 0 atom stereocenters. The minimum Gasteiger partial charge on any atom is -0.278 e. The number of unbranched alkanes of at least 4 members (excludes halogenated alkanes) is 1. The van der Waals surface area contributed by atoms with E-state index in [-0.39, 0.29) is 5.82 Å². The molecule has 2 heterocycles. The monoisotopic (exact) mass is 293 g/mol. The molecule has 3 N–H and O–H groups in total. The maximum atomic E-state index is 11.7. The number of nitrogens with zero attached hydrogens (tertiary/aromatic N) is 5. The lowest BCUT2D eigenvalue weighted by atomic mass is 10.3. The number of aryl methyl sites for hydroxylation is 1. The average Bonchev–Trinajstić information content (AvgIpc) is 2.96. The van der Waals surface area contributed by atoms with Gasteiger partial charge in [0, 0.05) is 6.54 Å². The summed E-state index contributed by atoms with van der Waals surface area (Å²) in [6.07, 6.45) is -0.401. The van der Waals surface area contributed by atoms with Crippen molar-refractivity contribution in [2.45, 2.75) is 32.9 Å². The molecule has 7 nitrogen and oxygen atoms in total. The van der Waals surface area contributed by atoms with Crippen molar-refractivity contribution >= 4 is 6.34 Å². The van der Waals surface area contributed by atoms with Crippen LogP contribution < -0.4 is 5.84 Å². The van der Waals surface area contributed by atoms with Crippen LogP contribution in [-0.2, 0) is 6.18 Å². The Morgan fingerprint density at radius 1 is 1.45 bits per heavy atom. The number of hydrogen-bond acceptors (Lipinski definition) is 6. The fourth-order valence-electron chi connectivity index (χ4n) is 1.34. The molecule has 0 aromatic carbocycles. The van der Waals surface area contributed by atoms with Crippen molar-refractivity contribution in [1.82, 2.24) is 25.2 Å². The van der Waals surface area contributed by atoms with Crippen LogP contribution in [0.5, 0.6) is 0 Å². The van der Waals surface area contributed by atoms with Gasteiger partial charge >= 0.3 is 6.18 Å². The highest BCUT2D eigenvalue weighted by atomic mass is 19.4. The summed E-state index contributed by atoms with van der Waals surface area (Å²) >= 11 is 0. The summed E-state index contributed by atoms with van der Waals surface area (Å²) in [4.78, 5) is 3.09. The van der Waals surface area contributed by atoms with E-state index in [2.05, 4.69) is 27.2 Å². The van der Waals surface area contributed by atoms with E-state index in [1.54, 1.807) is 11.3 Å². The third-order valence-electron chi connectivity index (χ3n) is 2.31. The highest BCUT2D eigenvalue weighted by Gasteiger charge is 2.35. The molecule has 0 bridgehead atoms. The minimum atomic E-state index is -4.44. The number of alkyl halides is 3. The van der Waals surface area contributed by atoms with Crippen molar-refractivity contribution in [3.63, 3.8) is 0 Å². The summed E-state index contributed by atoms with van der Waals surface area (Å²) in [5.41, 5.74) is 0. The van der Waals surface area contributed by atoms with Gasteiger partial charge in [-0.25, -0.2) is 10.8 Å². The van der Waals surface area contributed by atoms with Gasteiger partial charge in [-0.05, 0) is 13.3 Å². The second kappa shape index (κ2) is 7.08. The maximum Gasteiger partial charge on any atom is 0.453 e. The van der Waals surface area contributed by atoms with E-state index in [1.165, 1.54) is 19.8 Å². The third kappa shape index (κ3) is 5.43. The fourth-order valence-corrected chi connectivity index (χ4v) is 1.34. The molecule has 0 saturated carbocycles. The number of aromatic amines is 1. The maximum absolute atomic E-state index is 11.7. The molecule has 20 heavy (non-hydrogen) atoms. The van der Waals surface area contributed by atoms with Crippen LogP contribution in [0.4, 0.5) is 13.2 Å². The van der Waals surface area contributed by atoms with Crippen molar-refractivity contribution in [3.8, 4) is 0 Å². The van der Waals surface area contributed by atoms with E-state index in [1.807, 2.05) is 5.01 Å². The zero-order chi connectivity index (χ0) is 15.2. The number of hydrogen-bond donors (Lipinski definition) is 2. The molecule has 2 rings (SSSR count). The normalized spacial score (nSPS) is 14.5. The Morgan fingerprint density at radius 3 is 2.50 bits per heavy atom. The summed E-state index contributed by atoms with van der Waals surface area (Å²) in [5, 5.41) is 12.6. The van der Waals surface area contributed by atoms with Crippen LogP contribution in [0.2, 0.25) is 0 Å². The van der Waals surface area contributed by atoms with Gasteiger partial charge in [0.15, 0.2) is 0 Å². The molecule has 1 aromatic heterocycles. The van der Waals surface area contributed by atoms with Gasteiger partial charge in [0.05, 0.1) is 0 Å².